The van der Waals surface area contributed by atoms with Crippen molar-refractivity contribution in [1.82, 2.24) is 5.90 Å². The lowest BCUT2D eigenvalue weighted by atomic mass is 10.3. The Morgan fingerprint density at radius 3 is 2.75 bits per heavy atom. The SMILES string of the molecule is [N]OCCCC(=O)O. The number of hydrogen-bond donors (Lipinski definition) is 1. The molecule has 0 aromatic rings. The van der Waals surface area contributed by atoms with Gasteiger partial charge in [0, 0.05) is 12.3 Å². The molecule has 2 radical (unpaired) electrons. The summed E-state index contributed by atoms with van der Waals surface area (Å²) in [5.41, 5.74) is 0. The van der Waals surface area contributed by atoms with Gasteiger partial charge in [-0.1, -0.05) is 0 Å². The standard InChI is InChI=1S/C4H7NO3/c5-8-3-1-2-4(6)7/h1-3H2,(H,6,7). The molecule has 0 aromatic heterocycles. The predicted octanol–water partition coefficient (Wildman–Crippen LogP) is -0.148. The Morgan fingerprint density at radius 2 is 2.38 bits per heavy atom. The molecule has 0 saturated carbocycles. The number of hydrogen-bond acceptors (Lipinski definition) is 2. The molecular weight excluding hydrogens is 110 g/mol. The van der Waals surface area contributed by atoms with Gasteiger partial charge in [0.15, 0.2) is 0 Å². The summed E-state index contributed by atoms with van der Waals surface area (Å²) in [6.45, 7) is 0.0896. The van der Waals surface area contributed by atoms with Gasteiger partial charge in [0.1, 0.15) is 0 Å². The maximum Gasteiger partial charge on any atom is 0.303 e. The molecule has 0 saturated heterocycles. The highest BCUT2D eigenvalue weighted by molar-refractivity contribution is 5.66. The van der Waals surface area contributed by atoms with E-state index in [0.29, 0.717) is 6.42 Å². The van der Waals surface area contributed by atoms with Gasteiger partial charge in [0.2, 0.25) is 0 Å². The summed E-state index contributed by atoms with van der Waals surface area (Å²) >= 11 is 0. The van der Waals surface area contributed by atoms with Gasteiger partial charge in [-0.15, -0.1) is 0 Å². The molecule has 0 aliphatic carbocycles. The molecule has 0 aliphatic heterocycles. The molecular formula is C4H7NO3. The third kappa shape index (κ3) is 5.39. The number of carbonyl (C=O) groups is 1. The molecule has 0 amide bonds. The van der Waals surface area contributed by atoms with Crippen LogP contribution in [0, 0.1) is 0 Å². The smallest absolute Gasteiger partial charge is 0.303 e. The quantitative estimate of drug-likeness (QED) is 0.411. The molecule has 4 heteroatoms. The van der Waals surface area contributed by atoms with Crippen LogP contribution < -0.4 is 5.90 Å². The van der Waals surface area contributed by atoms with Crippen LogP contribution in [0.15, 0.2) is 0 Å². The van der Waals surface area contributed by atoms with Crippen LogP contribution in [-0.2, 0) is 9.63 Å². The van der Waals surface area contributed by atoms with Gasteiger partial charge in [-0.2, -0.15) is 0 Å². The van der Waals surface area contributed by atoms with E-state index in [4.69, 9.17) is 11.0 Å². The van der Waals surface area contributed by atoms with Crippen LogP contribution in [0.2, 0.25) is 0 Å². The summed E-state index contributed by atoms with van der Waals surface area (Å²) in [5, 5.41) is 8.00. The lowest BCUT2D eigenvalue weighted by Crippen LogP contribution is -1.98. The van der Waals surface area contributed by atoms with Crippen molar-refractivity contribution in [3.8, 4) is 0 Å². The predicted molar refractivity (Wildman–Crippen MR) is 25.0 cm³/mol. The molecule has 0 fully saturated rings. The highest BCUT2D eigenvalue weighted by Gasteiger charge is 1.93. The second kappa shape index (κ2) is 4.55. The lowest BCUT2D eigenvalue weighted by Gasteiger charge is -1.89. The Morgan fingerprint density at radius 1 is 1.75 bits per heavy atom. The minimum absolute atomic E-state index is 0.0422. The number of nitrogens with zero attached hydrogens (tertiary/aromatic N) is 1. The first-order valence-electron chi connectivity index (χ1n) is 2.25. The van der Waals surface area contributed by atoms with Crippen molar-refractivity contribution in [3.63, 3.8) is 0 Å². The molecule has 0 heterocycles. The number of aliphatic carboxylic acids is 1. The van der Waals surface area contributed by atoms with Crippen LogP contribution in [0.5, 0.6) is 0 Å². The fourth-order valence-corrected chi connectivity index (χ4v) is 0.288. The zero-order valence-corrected chi connectivity index (χ0v) is 4.33. The average molecular weight is 117 g/mol. The third-order valence-corrected chi connectivity index (χ3v) is 0.626. The van der Waals surface area contributed by atoms with E-state index in [1.807, 2.05) is 0 Å². The first-order chi connectivity index (χ1) is 3.77. The third-order valence-electron chi connectivity index (χ3n) is 0.626. The van der Waals surface area contributed by atoms with Gasteiger partial charge in [0.05, 0.1) is 6.61 Å². The van der Waals surface area contributed by atoms with Gasteiger partial charge in [-0.3, -0.25) is 9.63 Å². The van der Waals surface area contributed by atoms with Gasteiger partial charge >= 0.3 is 5.97 Å². The summed E-state index contributed by atoms with van der Waals surface area (Å²) in [5.74, 6) is 6.81. The second-order valence-corrected chi connectivity index (χ2v) is 1.33. The Bertz CT molecular complexity index is 73.7. The van der Waals surface area contributed by atoms with E-state index >= 15 is 0 Å². The summed E-state index contributed by atoms with van der Waals surface area (Å²) in [6, 6.07) is 0. The highest BCUT2D eigenvalue weighted by atomic mass is 16.6. The maximum atomic E-state index is 9.74. The number of carboxylic acids is 1. The molecule has 0 aromatic carbocycles. The number of rotatable bonds is 4. The summed E-state index contributed by atoms with van der Waals surface area (Å²) in [7, 11) is 0. The van der Waals surface area contributed by atoms with Crippen LogP contribution in [0.3, 0.4) is 0 Å². The monoisotopic (exact) mass is 117 g/mol. The minimum atomic E-state index is -0.873. The van der Waals surface area contributed by atoms with Crippen LogP contribution in [0.25, 0.3) is 0 Å². The molecule has 1 N–H and O–H groups in total. The minimum Gasteiger partial charge on any atom is -0.481 e. The Balaban J connectivity index is 2.82. The summed E-state index contributed by atoms with van der Waals surface area (Å²) in [4.78, 5) is 13.4. The first-order valence-corrected chi connectivity index (χ1v) is 2.25. The molecule has 0 aliphatic rings. The number of carboxylic acid groups (broad SMARTS) is 1. The highest BCUT2D eigenvalue weighted by Crippen LogP contribution is 1.86. The molecule has 0 unspecified atom stereocenters. The Kier molecular flexibility index (Phi) is 4.20. The normalized spacial score (nSPS) is 9.12. The van der Waals surface area contributed by atoms with Crippen LogP contribution in [-0.4, -0.2) is 17.7 Å². The van der Waals surface area contributed by atoms with E-state index < -0.39 is 5.97 Å². The van der Waals surface area contributed by atoms with Gasteiger partial charge in [-0.25, -0.2) is 0 Å². The van der Waals surface area contributed by atoms with Crippen molar-refractivity contribution in [1.29, 1.82) is 0 Å². The topological polar surface area (TPSA) is 68.8 Å². The fraction of sp³-hybridized carbons (Fsp3) is 0.750. The van der Waals surface area contributed by atoms with Crippen molar-refractivity contribution in [2.45, 2.75) is 12.8 Å². The van der Waals surface area contributed by atoms with Crippen molar-refractivity contribution in [2.24, 2.45) is 0 Å². The molecule has 0 atom stereocenters. The molecule has 0 rings (SSSR count). The van der Waals surface area contributed by atoms with Crippen LogP contribution in [0.1, 0.15) is 12.8 Å². The molecule has 4 nitrogen and oxygen atoms in total. The van der Waals surface area contributed by atoms with Crippen LogP contribution >= 0.6 is 0 Å². The van der Waals surface area contributed by atoms with Gasteiger partial charge < -0.3 is 5.11 Å². The fourth-order valence-electron chi connectivity index (χ4n) is 0.288. The van der Waals surface area contributed by atoms with Crippen molar-refractivity contribution in [3.05, 3.63) is 0 Å². The Hall–Kier alpha value is -0.610. The summed E-state index contributed by atoms with van der Waals surface area (Å²) in [6.07, 6.45) is 0.395. The Labute approximate surface area is 47.2 Å². The maximum absolute atomic E-state index is 9.74. The lowest BCUT2D eigenvalue weighted by molar-refractivity contribution is -0.137. The zero-order chi connectivity index (χ0) is 6.41. The first kappa shape index (κ1) is 7.39. The largest absolute Gasteiger partial charge is 0.481 e. The van der Waals surface area contributed by atoms with E-state index in [-0.39, 0.29) is 13.0 Å². The molecule has 8 heavy (non-hydrogen) atoms. The van der Waals surface area contributed by atoms with Gasteiger partial charge in [0.25, 0.3) is 0 Å². The van der Waals surface area contributed by atoms with Crippen molar-refractivity contribution in [2.75, 3.05) is 6.61 Å². The van der Waals surface area contributed by atoms with Crippen LogP contribution in [0.4, 0.5) is 0 Å². The van der Waals surface area contributed by atoms with Crippen molar-refractivity contribution < 1.29 is 14.7 Å². The van der Waals surface area contributed by atoms with Gasteiger partial charge in [-0.05, 0) is 6.42 Å². The molecule has 46 valence electrons. The zero-order valence-electron chi connectivity index (χ0n) is 4.33. The van der Waals surface area contributed by atoms with E-state index in [0.717, 1.165) is 0 Å². The summed E-state index contributed by atoms with van der Waals surface area (Å²) < 4.78 is 0. The molecule has 0 spiro atoms. The van der Waals surface area contributed by atoms with E-state index in [9.17, 15) is 4.79 Å². The molecule has 0 bridgehead atoms. The van der Waals surface area contributed by atoms with E-state index in [2.05, 4.69) is 4.84 Å². The average Bonchev–Trinajstić information content (AvgIpc) is 1.66. The van der Waals surface area contributed by atoms with Crippen molar-refractivity contribution >= 4 is 5.97 Å². The van der Waals surface area contributed by atoms with E-state index in [1.54, 1.807) is 0 Å². The second-order valence-electron chi connectivity index (χ2n) is 1.33. The van der Waals surface area contributed by atoms with E-state index in [1.165, 1.54) is 0 Å².